The van der Waals surface area contributed by atoms with E-state index in [2.05, 4.69) is 4.98 Å². The van der Waals surface area contributed by atoms with Gasteiger partial charge in [-0.05, 0) is 29.8 Å². The number of benzene rings is 2. The summed E-state index contributed by atoms with van der Waals surface area (Å²) in [5.41, 5.74) is 4.46. The van der Waals surface area contributed by atoms with Gasteiger partial charge in [0.25, 0.3) is 0 Å². The van der Waals surface area contributed by atoms with Crippen LogP contribution in [-0.2, 0) is 0 Å². The van der Waals surface area contributed by atoms with Crippen LogP contribution in [0, 0.1) is 0 Å². The molecule has 1 unspecified atom stereocenters. The maximum absolute atomic E-state index is 13.1. The van der Waals surface area contributed by atoms with Crippen LogP contribution in [0.3, 0.4) is 0 Å². The number of aromatic hydroxyl groups is 1. The molecule has 0 spiro atoms. The normalized spacial score (nSPS) is 16.7. The summed E-state index contributed by atoms with van der Waals surface area (Å²) >= 11 is 0. The number of aromatic nitrogens is 1. The summed E-state index contributed by atoms with van der Waals surface area (Å²) in [6, 6.07) is 16.3. The number of anilines is 1. The van der Waals surface area contributed by atoms with Crippen LogP contribution in [0.4, 0.5) is 5.69 Å². The molecule has 2 N–H and O–H groups in total. The van der Waals surface area contributed by atoms with Gasteiger partial charge in [0.2, 0.25) is 5.78 Å². The first-order valence-electron chi connectivity index (χ1n) is 7.49. The molecule has 1 aromatic heterocycles. The zero-order valence-corrected chi connectivity index (χ0v) is 12.7. The van der Waals surface area contributed by atoms with Gasteiger partial charge in [-0.3, -0.25) is 4.79 Å². The fourth-order valence-corrected chi connectivity index (χ4v) is 3.29. The highest BCUT2D eigenvalue weighted by molar-refractivity contribution is 6.09. The molecular formula is C19H16N2O2. The van der Waals surface area contributed by atoms with Crippen molar-refractivity contribution >= 4 is 11.5 Å². The molecule has 4 heteroatoms. The average Bonchev–Trinajstić information content (AvgIpc) is 3.03. The van der Waals surface area contributed by atoms with Gasteiger partial charge in [-0.2, -0.15) is 0 Å². The third kappa shape index (κ3) is 2.03. The van der Waals surface area contributed by atoms with Gasteiger partial charge in [0.15, 0.2) is 0 Å². The smallest absolute Gasteiger partial charge is 0.206 e. The Kier molecular flexibility index (Phi) is 2.98. The van der Waals surface area contributed by atoms with Gasteiger partial charge >= 0.3 is 0 Å². The fraction of sp³-hybridized carbons (Fsp3) is 0.105. The summed E-state index contributed by atoms with van der Waals surface area (Å²) in [6.45, 7) is 0. The topological polar surface area (TPSA) is 56.3 Å². The van der Waals surface area contributed by atoms with Crippen molar-refractivity contribution < 1.29 is 9.90 Å². The molecule has 0 fully saturated rings. The lowest BCUT2D eigenvalue weighted by Crippen LogP contribution is -2.30. The van der Waals surface area contributed by atoms with Crippen molar-refractivity contribution in [3.05, 3.63) is 72.1 Å². The van der Waals surface area contributed by atoms with Gasteiger partial charge in [0.05, 0.1) is 5.69 Å². The second-order valence-corrected chi connectivity index (χ2v) is 5.75. The number of H-pyrrole nitrogens is 1. The van der Waals surface area contributed by atoms with Crippen LogP contribution in [0.5, 0.6) is 5.75 Å². The van der Waals surface area contributed by atoms with E-state index in [1.54, 1.807) is 30.5 Å². The monoisotopic (exact) mass is 304 g/mol. The zero-order valence-electron chi connectivity index (χ0n) is 12.7. The minimum absolute atomic E-state index is 0.0226. The summed E-state index contributed by atoms with van der Waals surface area (Å²) in [5.74, 6) is 0.216. The first-order chi connectivity index (χ1) is 11.2. The summed E-state index contributed by atoms with van der Waals surface area (Å²) in [4.78, 5) is 18.2. The van der Waals surface area contributed by atoms with E-state index in [-0.39, 0.29) is 11.5 Å². The Hall–Kier alpha value is -3.01. The molecule has 0 saturated heterocycles. The average molecular weight is 304 g/mol. The lowest BCUT2D eigenvalue weighted by molar-refractivity contribution is 0.0956. The Morgan fingerprint density at radius 1 is 1.00 bits per heavy atom. The molecule has 0 aliphatic carbocycles. The highest BCUT2D eigenvalue weighted by Crippen LogP contribution is 2.41. The summed E-state index contributed by atoms with van der Waals surface area (Å²) in [5, 5.41) is 9.52. The molecule has 2 aromatic carbocycles. The molecule has 4 nitrogen and oxygen atoms in total. The van der Waals surface area contributed by atoms with Crippen molar-refractivity contribution in [2.24, 2.45) is 0 Å². The van der Waals surface area contributed by atoms with Crippen molar-refractivity contribution in [3.8, 4) is 16.9 Å². The van der Waals surface area contributed by atoms with Gasteiger partial charge in [0, 0.05) is 30.1 Å². The van der Waals surface area contributed by atoms with Crippen molar-refractivity contribution in [1.29, 1.82) is 0 Å². The van der Waals surface area contributed by atoms with Crippen molar-refractivity contribution in [2.45, 2.75) is 6.04 Å². The molecule has 0 amide bonds. The number of Topliss-reactive ketones (excluding diaryl/α,β-unsaturated/α-hetero) is 1. The first-order valence-corrected chi connectivity index (χ1v) is 7.49. The SMILES string of the molecule is CN1c2ccccc2-c2cc[nH]c2C(=O)C1c1ccc(O)cc1. The standard InChI is InChI=1S/C19H16N2O2/c1-21-16-5-3-2-4-14(16)15-10-11-20-17(15)19(23)18(21)12-6-8-13(22)9-7-12/h2-11,18,20,22H,1H3. The van der Waals surface area contributed by atoms with Crippen molar-refractivity contribution in [2.75, 3.05) is 11.9 Å². The molecular weight excluding hydrogens is 288 g/mol. The van der Waals surface area contributed by atoms with Crippen molar-refractivity contribution in [3.63, 3.8) is 0 Å². The third-order valence-electron chi connectivity index (χ3n) is 4.41. The molecule has 114 valence electrons. The van der Waals surface area contributed by atoms with Crippen LogP contribution < -0.4 is 4.90 Å². The van der Waals surface area contributed by atoms with E-state index in [0.717, 1.165) is 22.4 Å². The second-order valence-electron chi connectivity index (χ2n) is 5.75. The molecule has 4 rings (SSSR count). The Morgan fingerprint density at radius 2 is 1.74 bits per heavy atom. The predicted octanol–water partition coefficient (Wildman–Crippen LogP) is 3.76. The Labute approximate surface area is 134 Å². The van der Waals surface area contributed by atoms with Crippen LogP contribution in [-0.4, -0.2) is 22.9 Å². The molecule has 1 aliphatic rings. The number of rotatable bonds is 1. The van der Waals surface area contributed by atoms with E-state index in [9.17, 15) is 9.90 Å². The van der Waals surface area contributed by atoms with E-state index in [4.69, 9.17) is 0 Å². The molecule has 2 heterocycles. The number of para-hydroxylation sites is 1. The maximum atomic E-state index is 13.1. The number of phenols is 1. The molecule has 1 atom stereocenters. The molecule has 0 radical (unpaired) electrons. The molecule has 23 heavy (non-hydrogen) atoms. The molecule has 3 aromatic rings. The zero-order chi connectivity index (χ0) is 16.0. The number of likely N-dealkylation sites (N-methyl/N-ethyl adjacent to an activating group) is 1. The number of hydrogen-bond acceptors (Lipinski definition) is 3. The number of phenolic OH excluding ortho intramolecular Hbond substituents is 1. The lowest BCUT2D eigenvalue weighted by atomic mass is 9.98. The minimum atomic E-state index is -0.434. The number of nitrogens with zero attached hydrogens (tertiary/aromatic N) is 1. The number of ketones is 1. The minimum Gasteiger partial charge on any atom is -0.508 e. The van der Waals surface area contributed by atoms with Crippen LogP contribution in [0.15, 0.2) is 60.8 Å². The number of aromatic amines is 1. The number of hydrogen-bond donors (Lipinski definition) is 2. The Morgan fingerprint density at radius 3 is 2.52 bits per heavy atom. The van der Waals surface area contributed by atoms with E-state index in [1.165, 1.54) is 0 Å². The highest BCUT2D eigenvalue weighted by Gasteiger charge is 2.33. The van der Waals surface area contributed by atoms with Gasteiger partial charge in [0.1, 0.15) is 11.8 Å². The summed E-state index contributed by atoms with van der Waals surface area (Å²) in [6.07, 6.45) is 1.80. The van der Waals surface area contributed by atoms with E-state index < -0.39 is 6.04 Å². The fourth-order valence-electron chi connectivity index (χ4n) is 3.29. The molecule has 1 aliphatic heterocycles. The van der Waals surface area contributed by atoms with Crippen LogP contribution in [0.2, 0.25) is 0 Å². The number of nitrogens with one attached hydrogen (secondary N) is 1. The van der Waals surface area contributed by atoms with Gasteiger partial charge in [-0.15, -0.1) is 0 Å². The molecule has 0 saturated carbocycles. The first kappa shape index (κ1) is 13.6. The quantitative estimate of drug-likeness (QED) is 0.719. The third-order valence-corrected chi connectivity index (χ3v) is 4.41. The Bertz CT molecular complexity index is 880. The Balaban J connectivity index is 1.95. The van der Waals surface area contributed by atoms with Crippen molar-refractivity contribution in [1.82, 2.24) is 4.98 Å². The van der Waals surface area contributed by atoms with Gasteiger partial charge in [-0.25, -0.2) is 0 Å². The number of carbonyl (C=O) groups excluding carboxylic acids is 1. The van der Waals surface area contributed by atoms with Crippen LogP contribution in [0.25, 0.3) is 11.1 Å². The number of carbonyl (C=O) groups is 1. The highest BCUT2D eigenvalue weighted by atomic mass is 16.3. The number of fused-ring (bicyclic) bond motifs is 3. The van der Waals surface area contributed by atoms with E-state index in [1.807, 2.05) is 42.3 Å². The van der Waals surface area contributed by atoms with Crippen LogP contribution >= 0.6 is 0 Å². The van der Waals surface area contributed by atoms with Gasteiger partial charge in [-0.1, -0.05) is 30.3 Å². The summed E-state index contributed by atoms with van der Waals surface area (Å²) < 4.78 is 0. The molecule has 0 bridgehead atoms. The predicted molar refractivity (Wildman–Crippen MR) is 89.8 cm³/mol. The lowest BCUT2D eigenvalue weighted by Gasteiger charge is -2.28. The van der Waals surface area contributed by atoms with Crippen LogP contribution in [0.1, 0.15) is 22.1 Å². The maximum Gasteiger partial charge on any atom is 0.206 e. The van der Waals surface area contributed by atoms with E-state index in [0.29, 0.717) is 5.69 Å². The largest absolute Gasteiger partial charge is 0.508 e. The second kappa shape index (κ2) is 5.02. The van der Waals surface area contributed by atoms with Gasteiger partial charge < -0.3 is 15.0 Å². The van der Waals surface area contributed by atoms with E-state index >= 15 is 0 Å². The summed E-state index contributed by atoms with van der Waals surface area (Å²) in [7, 11) is 1.93.